The lowest BCUT2D eigenvalue weighted by Crippen LogP contribution is -2.54. The van der Waals surface area contributed by atoms with Crippen LogP contribution in [0, 0.1) is 12.8 Å². The van der Waals surface area contributed by atoms with E-state index in [1.807, 2.05) is 43.3 Å². The molecular weight excluding hydrogens is 440 g/mol. The number of fused-ring (bicyclic) bond motifs is 3. The Labute approximate surface area is 206 Å². The third kappa shape index (κ3) is 5.25. The van der Waals surface area contributed by atoms with Crippen LogP contribution in [0.15, 0.2) is 53.1 Å². The number of carbonyl (C=O) groups is 1. The van der Waals surface area contributed by atoms with Crippen molar-refractivity contribution in [1.29, 1.82) is 0 Å². The topological polar surface area (TPSA) is 80.5 Å². The van der Waals surface area contributed by atoms with E-state index in [0.717, 1.165) is 54.6 Å². The molecule has 7 heteroatoms. The van der Waals surface area contributed by atoms with Gasteiger partial charge in [0.15, 0.2) is 5.76 Å². The SMILES string of the molecule is Cc1nc(-c2ccco2)cc(C2CN3CCC2CC3COC(=O)Nc2ccc(C(C)(C)C)cc2)n1. The molecule has 3 saturated heterocycles. The van der Waals surface area contributed by atoms with Crippen LogP contribution in [0.4, 0.5) is 10.5 Å². The van der Waals surface area contributed by atoms with E-state index in [0.29, 0.717) is 18.4 Å². The number of furan rings is 1. The van der Waals surface area contributed by atoms with Crippen molar-refractivity contribution in [2.75, 3.05) is 25.0 Å². The maximum atomic E-state index is 12.4. The number of benzene rings is 1. The minimum absolute atomic E-state index is 0.0798. The van der Waals surface area contributed by atoms with Crippen LogP contribution in [0.25, 0.3) is 11.5 Å². The van der Waals surface area contributed by atoms with Crippen LogP contribution in [-0.4, -0.2) is 46.7 Å². The molecule has 5 heterocycles. The Morgan fingerprint density at radius 1 is 1.20 bits per heavy atom. The van der Waals surface area contributed by atoms with Crippen LogP contribution in [0.1, 0.15) is 56.6 Å². The molecule has 184 valence electrons. The highest BCUT2D eigenvalue weighted by Crippen LogP contribution is 2.42. The maximum absolute atomic E-state index is 12.4. The lowest BCUT2D eigenvalue weighted by atomic mass is 9.74. The van der Waals surface area contributed by atoms with Crippen LogP contribution in [0.3, 0.4) is 0 Å². The smallest absolute Gasteiger partial charge is 0.411 e. The summed E-state index contributed by atoms with van der Waals surface area (Å²) in [4.78, 5) is 24.2. The van der Waals surface area contributed by atoms with Gasteiger partial charge in [-0.2, -0.15) is 0 Å². The van der Waals surface area contributed by atoms with E-state index >= 15 is 0 Å². The van der Waals surface area contributed by atoms with Gasteiger partial charge in [-0.3, -0.25) is 10.2 Å². The molecule has 6 rings (SSSR count). The summed E-state index contributed by atoms with van der Waals surface area (Å²) in [6.45, 7) is 10.8. The third-order valence-corrected chi connectivity index (χ3v) is 7.29. The number of amides is 1. The molecule has 2 aromatic heterocycles. The number of ether oxygens (including phenoxy) is 1. The van der Waals surface area contributed by atoms with Gasteiger partial charge in [0.2, 0.25) is 0 Å². The van der Waals surface area contributed by atoms with Crippen molar-refractivity contribution in [3.8, 4) is 11.5 Å². The number of piperidine rings is 3. The van der Waals surface area contributed by atoms with Crippen molar-refractivity contribution in [1.82, 2.24) is 14.9 Å². The molecule has 1 amide bonds. The Kier molecular flexibility index (Phi) is 6.36. The van der Waals surface area contributed by atoms with E-state index in [9.17, 15) is 4.79 Å². The summed E-state index contributed by atoms with van der Waals surface area (Å²) in [7, 11) is 0. The number of hydrogen-bond acceptors (Lipinski definition) is 6. The first-order valence-electron chi connectivity index (χ1n) is 12.4. The minimum Gasteiger partial charge on any atom is -0.463 e. The van der Waals surface area contributed by atoms with E-state index in [1.165, 1.54) is 5.56 Å². The summed E-state index contributed by atoms with van der Waals surface area (Å²) in [5.41, 5.74) is 3.97. The lowest BCUT2D eigenvalue weighted by Gasteiger charge is -2.49. The Morgan fingerprint density at radius 2 is 2.00 bits per heavy atom. The summed E-state index contributed by atoms with van der Waals surface area (Å²) >= 11 is 0. The number of aryl methyl sites for hydroxylation is 1. The molecule has 3 aliphatic rings. The van der Waals surface area contributed by atoms with E-state index in [-0.39, 0.29) is 11.5 Å². The van der Waals surface area contributed by atoms with Crippen LogP contribution in [-0.2, 0) is 10.2 Å². The summed E-state index contributed by atoms with van der Waals surface area (Å²) in [6.07, 6.45) is 3.40. The number of hydrogen-bond donors (Lipinski definition) is 1. The van der Waals surface area contributed by atoms with E-state index in [4.69, 9.17) is 14.1 Å². The molecule has 0 spiro atoms. The Bertz CT molecular complexity index is 1170. The van der Waals surface area contributed by atoms with E-state index < -0.39 is 6.09 Å². The van der Waals surface area contributed by atoms with E-state index in [2.05, 4.69) is 42.0 Å². The molecule has 0 saturated carbocycles. The van der Waals surface area contributed by atoms with E-state index in [1.54, 1.807) is 6.26 Å². The number of rotatable bonds is 5. The van der Waals surface area contributed by atoms with Gasteiger partial charge in [0.25, 0.3) is 0 Å². The van der Waals surface area contributed by atoms with Gasteiger partial charge >= 0.3 is 6.09 Å². The average Bonchev–Trinajstić information content (AvgIpc) is 3.38. The Morgan fingerprint density at radius 3 is 2.66 bits per heavy atom. The van der Waals surface area contributed by atoms with Gasteiger partial charge in [0.1, 0.15) is 18.1 Å². The largest absolute Gasteiger partial charge is 0.463 e. The van der Waals surface area contributed by atoms with Crippen LogP contribution >= 0.6 is 0 Å². The zero-order valence-corrected chi connectivity index (χ0v) is 21.0. The molecule has 1 N–H and O–H groups in total. The summed E-state index contributed by atoms with van der Waals surface area (Å²) in [5, 5.41) is 2.86. The van der Waals surface area contributed by atoms with Gasteiger partial charge < -0.3 is 9.15 Å². The van der Waals surface area contributed by atoms with Crippen molar-refractivity contribution in [3.05, 3.63) is 65.8 Å². The number of aromatic nitrogens is 2. The fourth-order valence-electron chi connectivity index (χ4n) is 5.36. The van der Waals surface area contributed by atoms with Gasteiger partial charge in [-0.15, -0.1) is 0 Å². The summed E-state index contributed by atoms with van der Waals surface area (Å²) < 4.78 is 11.2. The molecule has 3 aromatic rings. The maximum Gasteiger partial charge on any atom is 0.411 e. The number of nitrogens with one attached hydrogen (secondary N) is 1. The van der Waals surface area contributed by atoms with Crippen molar-refractivity contribution in [3.63, 3.8) is 0 Å². The zero-order valence-electron chi connectivity index (χ0n) is 21.0. The first-order valence-corrected chi connectivity index (χ1v) is 12.4. The molecule has 3 fully saturated rings. The Balaban J connectivity index is 1.18. The molecule has 35 heavy (non-hydrogen) atoms. The van der Waals surface area contributed by atoms with Crippen molar-refractivity contribution in [2.24, 2.45) is 5.92 Å². The third-order valence-electron chi connectivity index (χ3n) is 7.29. The van der Waals surface area contributed by atoms with Gasteiger partial charge in [0.05, 0.1) is 6.26 Å². The van der Waals surface area contributed by atoms with Crippen molar-refractivity contribution < 1.29 is 13.9 Å². The zero-order chi connectivity index (χ0) is 24.6. The molecule has 0 radical (unpaired) electrons. The highest BCUT2D eigenvalue weighted by molar-refractivity contribution is 5.84. The molecule has 7 nitrogen and oxygen atoms in total. The van der Waals surface area contributed by atoms with Gasteiger partial charge in [-0.1, -0.05) is 32.9 Å². The quantitative estimate of drug-likeness (QED) is 0.506. The predicted molar refractivity (Wildman–Crippen MR) is 135 cm³/mol. The molecule has 4 atom stereocenters. The summed E-state index contributed by atoms with van der Waals surface area (Å²) in [5.74, 6) is 2.40. The number of anilines is 1. The minimum atomic E-state index is -0.401. The molecule has 3 aliphatic heterocycles. The first kappa shape index (κ1) is 23.5. The fraction of sp³-hybridized carbons (Fsp3) is 0.464. The molecular formula is C28H34N4O3. The number of nitrogens with zero attached hydrogens (tertiary/aromatic N) is 3. The van der Waals surface area contributed by atoms with Crippen molar-refractivity contribution >= 4 is 11.8 Å². The highest BCUT2D eigenvalue weighted by atomic mass is 16.5. The van der Waals surface area contributed by atoms with Crippen LogP contribution in [0.5, 0.6) is 0 Å². The molecule has 2 bridgehead atoms. The fourth-order valence-corrected chi connectivity index (χ4v) is 5.36. The predicted octanol–water partition coefficient (Wildman–Crippen LogP) is 5.77. The van der Waals surface area contributed by atoms with Gasteiger partial charge in [-0.25, -0.2) is 14.8 Å². The van der Waals surface area contributed by atoms with Crippen molar-refractivity contribution in [2.45, 2.75) is 57.9 Å². The van der Waals surface area contributed by atoms with Crippen LogP contribution in [0.2, 0.25) is 0 Å². The molecule has 4 unspecified atom stereocenters. The average molecular weight is 475 g/mol. The molecule has 1 aromatic carbocycles. The highest BCUT2D eigenvalue weighted by Gasteiger charge is 2.42. The lowest BCUT2D eigenvalue weighted by molar-refractivity contribution is -0.00151. The normalized spacial score (nSPS) is 23.8. The standard InChI is InChI=1S/C28H34N4O3/c1-18-29-24(15-25(30-18)26-6-5-13-34-26)23-16-32-12-11-19(23)14-22(32)17-35-27(33)31-21-9-7-20(8-10-21)28(2,3)4/h5-10,13,15,19,22-23H,11-12,14,16-17H2,1-4H3,(H,31,33). The summed E-state index contributed by atoms with van der Waals surface area (Å²) in [6, 6.07) is 14.1. The second-order valence-corrected chi connectivity index (χ2v) is 10.8. The first-order chi connectivity index (χ1) is 16.8. The number of carbonyl (C=O) groups excluding carboxylic acids is 1. The second-order valence-electron chi connectivity index (χ2n) is 10.8. The van der Waals surface area contributed by atoms with Gasteiger partial charge in [-0.05, 0) is 73.5 Å². The molecule has 0 aliphatic carbocycles. The monoisotopic (exact) mass is 474 g/mol. The van der Waals surface area contributed by atoms with Gasteiger partial charge in [0, 0.05) is 29.9 Å². The Hall–Kier alpha value is -3.19. The second kappa shape index (κ2) is 9.46. The van der Waals surface area contributed by atoms with Crippen LogP contribution < -0.4 is 5.32 Å².